The van der Waals surface area contributed by atoms with Gasteiger partial charge in [0.15, 0.2) is 0 Å². The molecule has 1 rings (SSSR count). The molecule has 1 aromatic rings. The van der Waals surface area contributed by atoms with Crippen molar-refractivity contribution in [2.75, 3.05) is 13.2 Å². The summed E-state index contributed by atoms with van der Waals surface area (Å²) in [7, 11) is 0. The van der Waals surface area contributed by atoms with E-state index < -0.39 is 0 Å². The summed E-state index contributed by atoms with van der Waals surface area (Å²) >= 11 is 10.9. The molecule has 1 heterocycles. The average molecular weight is 327 g/mol. The molecule has 1 aromatic heterocycles. The lowest BCUT2D eigenvalue weighted by Crippen LogP contribution is -2.15. The van der Waals surface area contributed by atoms with Gasteiger partial charge in [-0.1, -0.05) is 18.5 Å². The van der Waals surface area contributed by atoms with E-state index in [0.717, 1.165) is 34.7 Å². The lowest BCUT2D eigenvalue weighted by atomic mass is 10.1. The summed E-state index contributed by atoms with van der Waals surface area (Å²) in [4.78, 5) is 1.24. The molecule has 0 aliphatic rings. The predicted molar refractivity (Wildman–Crippen MR) is 74.2 cm³/mol. The van der Waals surface area contributed by atoms with Crippen molar-refractivity contribution < 1.29 is 5.11 Å². The van der Waals surface area contributed by atoms with Crippen molar-refractivity contribution in [3.8, 4) is 0 Å². The molecule has 0 aliphatic carbocycles. The third-order valence-electron chi connectivity index (χ3n) is 2.36. The first-order valence-electron chi connectivity index (χ1n) is 5.38. The first-order valence-corrected chi connectivity index (χ1v) is 7.37. The zero-order chi connectivity index (χ0) is 12.0. The summed E-state index contributed by atoms with van der Waals surface area (Å²) in [5.74, 6) is 0.409. The van der Waals surface area contributed by atoms with Crippen molar-refractivity contribution >= 4 is 38.9 Å². The number of aliphatic hydroxyl groups is 1. The molecule has 0 spiro atoms. The van der Waals surface area contributed by atoms with Gasteiger partial charge in [0.2, 0.25) is 0 Å². The maximum atomic E-state index is 8.86. The summed E-state index contributed by atoms with van der Waals surface area (Å²) < 4.78 is 1.79. The highest BCUT2D eigenvalue weighted by atomic mass is 79.9. The smallest absolute Gasteiger partial charge is 0.107 e. The average Bonchev–Trinajstić information content (AvgIpc) is 2.57. The van der Waals surface area contributed by atoms with E-state index in [0.29, 0.717) is 5.92 Å². The first kappa shape index (κ1) is 14.5. The fourth-order valence-electron chi connectivity index (χ4n) is 1.36. The van der Waals surface area contributed by atoms with Gasteiger partial charge in [0.1, 0.15) is 4.34 Å². The third-order valence-corrected chi connectivity index (χ3v) is 4.83. The zero-order valence-electron chi connectivity index (χ0n) is 9.30. The van der Waals surface area contributed by atoms with Gasteiger partial charge in [-0.3, -0.25) is 0 Å². The number of rotatable bonds is 7. The van der Waals surface area contributed by atoms with Gasteiger partial charge >= 0.3 is 0 Å². The second kappa shape index (κ2) is 7.67. The van der Waals surface area contributed by atoms with Crippen molar-refractivity contribution in [2.45, 2.75) is 26.3 Å². The summed E-state index contributed by atoms with van der Waals surface area (Å²) in [6.07, 6.45) is 2.17. The molecule has 5 heteroatoms. The summed E-state index contributed by atoms with van der Waals surface area (Å²) in [6.45, 7) is 4.20. The lowest BCUT2D eigenvalue weighted by molar-refractivity contribution is 0.228. The number of halogens is 2. The highest BCUT2D eigenvalue weighted by Gasteiger charge is 2.04. The van der Waals surface area contributed by atoms with E-state index in [1.165, 1.54) is 4.88 Å². The zero-order valence-corrected chi connectivity index (χ0v) is 12.5. The number of aliphatic hydroxyl groups excluding tert-OH is 1. The molecular formula is C11H17BrClNOS. The highest BCUT2D eigenvalue weighted by Crippen LogP contribution is 2.31. The van der Waals surface area contributed by atoms with Crippen molar-refractivity contribution in [3.05, 3.63) is 19.8 Å². The Kier molecular flexibility index (Phi) is 6.92. The van der Waals surface area contributed by atoms with Crippen LogP contribution in [0.1, 0.15) is 24.6 Å². The van der Waals surface area contributed by atoms with Crippen LogP contribution in [0.4, 0.5) is 0 Å². The fourth-order valence-corrected chi connectivity index (χ4v) is 3.12. The Morgan fingerprint density at radius 2 is 2.38 bits per heavy atom. The number of hydrogen-bond donors (Lipinski definition) is 2. The molecule has 1 unspecified atom stereocenters. The SMILES string of the molecule is CC(CO)CCCNCc1cc(Br)c(Cl)s1. The Morgan fingerprint density at radius 1 is 1.62 bits per heavy atom. The van der Waals surface area contributed by atoms with Crippen LogP contribution in [0.5, 0.6) is 0 Å². The van der Waals surface area contributed by atoms with Crippen LogP contribution in [-0.4, -0.2) is 18.3 Å². The Labute approximate surface area is 114 Å². The minimum atomic E-state index is 0.285. The second-order valence-corrected chi connectivity index (χ2v) is 6.53. The largest absolute Gasteiger partial charge is 0.396 e. The molecule has 0 saturated carbocycles. The number of nitrogens with one attached hydrogen (secondary N) is 1. The molecule has 2 N–H and O–H groups in total. The van der Waals surface area contributed by atoms with Crippen molar-refractivity contribution in [1.82, 2.24) is 5.32 Å². The van der Waals surface area contributed by atoms with E-state index in [4.69, 9.17) is 16.7 Å². The Morgan fingerprint density at radius 3 is 2.94 bits per heavy atom. The van der Waals surface area contributed by atoms with Gasteiger partial charge in [-0.15, -0.1) is 11.3 Å². The van der Waals surface area contributed by atoms with Crippen LogP contribution < -0.4 is 5.32 Å². The van der Waals surface area contributed by atoms with Crippen LogP contribution in [-0.2, 0) is 6.54 Å². The molecule has 0 fully saturated rings. The van der Waals surface area contributed by atoms with Gasteiger partial charge in [-0.25, -0.2) is 0 Å². The molecule has 0 bridgehead atoms. The summed E-state index contributed by atoms with van der Waals surface area (Å²) in [5, 5.41) is 12.2. The molecule has 0 saturated heterocycles. The molecular weight excluding hydrogens is 310 g/mol. The molecule has 1 atom stereocenters. The van der Waals surface area contributed by atoms with Gasteiger partial charge < -0.3 is 10.4 Å². The highest BCUT2D eigenvalue weighted by molar-refractivity contribution is 9.10. The molecule has 0 amide bonds. The van der Waals surface area contributed by atoms with Gasteiger partial charge in [0.05, 0.1) is 0 Å². The Balaban J connectivity index is 2.11. The quantitative estimate of drug-likeness (QED) is 0.749. The van der Waals surface area contributed by atoms with Crippen LogP contribution in [0.2, 0.25) is 4.34 Å². The van der Waals surface area contributed by atoms with Crippen molar-refractivity contribution in [1.29, 1.82) is 0 Å². The van der Waals surface area contributed by atoms with Crippen molar-refractivity contribution in [3.63, 3.8) is 0 Å². The lowest BCUT2D eigenvalue weighted by Gasteiger charge is -2.07. The molecule has 16 heavy (non-hydrogen) atoms. The van der Waals surface area contributed by atoms with Crippen LogP contribution in [0.15, 0.2) is 10.5 Å². The molecule has 92 valence electrons. The van der Waals surface area contributed by atoms with Gasteiger partial charge in [-0.05, 0) is 47.3 Å². The Bertz CT molecular complexity index is 299. The molecule has 2 nitrogen and oxygen atoms in total. The van der Waals surface area contributed by atoms with Crippen LogP contribution in [0.25, 0.3) is 0 Å². The van der Waals surface area contributed by atoms with E-state index in [-0.39, 0.29) is 6.61 Å². The topological polar surface area (TPSA) is 32.3 Å². The molecule has 0 radical (unpaired) electrons. The Hall–Kier alpha value is 0.390. The molecule has 0 aliphatic heterocycles. The van der Waals surface area contributed by atoms with Crippen LogP contribution in [0, 0.1) is 5.92 Å². The standard InChI is InChI=1S/C11H17BrClNOS/c1-8(7-15)3-2-4-14-6-9-5-10(12)11(13)16-9/h5,8,14-15H,2-4,6-7H2,1H3. The van der Waals surface area contributed by atoms with E-state index in [9.17, 15) is 0 Å². The third kappa shape index (κ3) is 5.15. The monoisotopic (exact) mass is 325 g/mol. The fraction of sp³-hybridized carbons (Fsp3) is 0.636. The van der Waals surface area contributed by atoms with Crippen LogP contribution in [0.3, 0.4) is 0 Å². The van der Waals surface area contributed by atoms with E-state index in [1.54, 1.807) is 11.3 Å². The van der Waals surface area contributed by atoms with E-state index in [2.05, 4.69) is 34.2 Å². The summed E-state index contributed by atoms with van der Waals surface area (Å²) in [6, 6.07) is 2.05. The van der Waals surface area contributed by atoms with Gasteiger partial charge in [-0.2, -0.15) is 0 Å². The normalized spacial score (nSPS) is 13.0. The second-order valence-electron chi connectivity index (χ2n) is 3.94. The minimum absolute atomic E-state index is 0.285. The summed E-state index contributed by atoms with van der Waals surface area (Å²) in [5.41, 5.74) is 0. The van der Waals surface area contributed by atoms with Crippen LogP contribution >= 0.6 is 38.9 Å². The predicted octanol–water partition coefficient (Wildman–Crippen LogP) is 3.66. The number of thiophene rings is 1. The van der Waals surface area contributed by atoms with Gasteiger partial charge in [0, 0.05) is 22.5 Å². The van der Waals surface area contributed by atoms with Gasteiger partial charge in [0.25, 0.3) is 0 Å². The first-order chi connectivity index (χ1) is 7.63. The van der Waals surface area contributed by atoms with Crippen molar-refractivity contribution in [2.24, 2.45) is 5.92 Å². The maximum Gasteiger partial charge on any atom is 0.107 e. The molecule has 0 aromatic carbocycles. The maximum absolute atomic E-state index is 8.86. The van der Waals surface area contributed by atoms with E-state index in [1.807, 2.05) is 0 Å². The minimum Gasteiger partial charge on any atom is -0.396 e. The van der Waals surface area contributed by atoms with E-state index >= 15 is 0 Å². The number of hydrogen-bond acceptors (Lipinski definition) is 3.